The number of halogens is 1. The maximum Gasteiger partial charge on any atom is 0.251 e. The number of aryl methyl sites for hydroxylation is 1. The number of phenolic OH excluding ortho intramolecular Hbond substituents is 1. The van der Waals surface area contributed by atoms with Crippen LogP contribution in [0.5, 0.6) is 5.75 Å². The highest BCUT2D eigenvalue weighted by atomic mass is 35.5. The molecule has 2 rings (SSSR count). The summed E-state index contributed by atoms with van der Waals surface area (Å²) in [6, 6.07) is 8.47. The lowest BCUT2D eigenvalue weighted by molar-refractivity contribution is 0.0940. The van der Waals surface area contributed by atoms with Crippen LogP contribution in [0.4, 0.5) is 0 Å². The van der Waals surface area contributed by atoms with Gasteiger partial charge >= 0.3 is 0 Å². The van der Waals surface area contributed by atoms with Gasteiger partial charge in [0.25, 0.3) is 5.91 Å². The lowest BCUT2D eigenvalue weighted by Crippen LogP contribution is -2.26. The van der Waals surface area contributed by atoms with E-state index in [0.717, 1.165) is 10.4 Å². The Hall–Kier alpha value is -1.52. The minimum absolute atomic E-state index is 0.117. The number of hydrogen-bond donors (Lipinski definition) is 2. The minimum atomic E-state index is -0.215. The molecule has 0 radical (unpaired) electrons. The van der Waals surface area contributed by atoms with E-state index in [4.69, 9.17) is 11.6 Å². The van der Waals surface area contributed by atoms with Gasteiger partial charge in [-0.3, -0.25) is 4.79 Å². The third-order valence-corrected chi connectivity index (χ3v) is 4.25. The Morgan fingerprint density at radius 1 is 1.37 bits per heavy atom. The normalized spacial score (nSPS) is 12.2. The topological polar surface area (TPSA) is 49.3 Å². The number of hydrogen-bond acceptors (Lipinski definition) is 3. The number of benzene rings is 1. The molecule has 0 saturated carbocycles. The van der Waals surface area contributed by atoms with Gasteiger partial charge in [-0.25, -0.2) is 0 Å². The van der Waals surface area contributed by atoms with Gasteiger partial charge in [-0.05, 0) is 43.7 Å². The zero-order valence-corrected chi connectivity index (χ0v) is 12.2. The minimum Gasteiger partial charge on any atom is -0.508 e. The van der Waals surface area contributed by atoms with E-state index in [9.17, 15) is 9.90 Å². The maximum atomic E-state index is 12.0. The summed E-state index contributed by atoms with van der Waals surface area (Å²) in [5, 5.41) is 12.5. The van der Waals surface area contributed by atoms with Gasteiger partial charge in [0.15, 0.2) is 0 Å². The number of nitrogens with one attached hydrogen (secondary N) is 1. The molecule has 1 aromatic carbocycles. The number of thiophene rings is 1. The Morgan fingerprint density at radius 2 is 2.11 bits per heavy atom. The molecule has 19 heavy (non-hydrogen) atoms. The lowest BCUT2D eigenvalue weighted by atomic mass is 10.1. The lowest BCUT2D eigenvalue weighted by Gasteiger charge is -2.12. The van der Waals surface area contributed by atoms with Crippen molar-refractivity contribution in [3.05, 3.63) is 50.7 Å². The zero-order chi connectivity index (χ0) is 14.0. The molecule has 1 unspecified atom stereocenters. The van der Waals surface area contributed by atoms with Crippen molar-refractivity contribution in [2.45, 2.75) is 19.9 Å². The largest absolute Gasteiger partial charge is 0.508 e. The molecule has 1 amide bonds. The standard InChI is InChI=1S/C14H14ClNO2S/c1-8-3-4-10(7-11(8)17)14(18)16-9(2)12-5-6-13(15)19-12/h3-7,9,17H,1-2H3,(H,16,18). The summed E-state index contributed by atoms with van der Waals surface area (Å²) < 4.78 is 0.698. The molecular formula is C14H14ClNO2S. The third-order valence-electron chi connectivity index (χ3n) is 2.84. The molecule has 0 saturated heterocycles. The molecule has 0 aliphatic heterocycles. The smallest absolute Gasteiger partial charge is 0.251 e. The van der Waals surface area contributed by atoms with Crippen LogP contribution in [-0.2, 0) is 0 Å². The van der Waals surface area contributed by atoms with Gasteiger partial charge in [0.05, 0.1) is 10.4 Å². The summed E-state index contributed by atoms with van der Waals surface area (Å²) >= 11 is 7.31. The fourth-order valence-corrected chi connectivity index (χ4v) is 2.73. The molecule has 5 heteroatoms. The molecule has 0 spiro atoms. The predicted molar refractivity (Wildman–Crippen MR) is 78.1 cm³/mol. The van der Waals surface area contributed by atoms with Crippen molar-refractivity contribution in [2.75, 3.05) is 0 Å². The zero-order valence-electron chi connectivity index (χ0n) is 10.6. The summed E-state index contributed by atoms with van der Waals surface area (Å²) in [4.78, 5) is 13.0. The van der Waals surface area contributed by atoms with E-state index in [0.29, 0.717) is 9.90 Å². The highest BCUT2D eigenvalue weighted by Gasteiger charge is 2.13. The first-order valence-electron chi connectivity index (χ1n) is 5.83. The van der Waals surface area contributed by atoms with Gasteiger partial charge in [0, 0.05) is 10.4 Å². The second-order valence-corrected chi connectivity index (χ2v) is 6.08. The highest BCUT2D eigenvalue weighted by Crippen LogP contribution is 2.27. The number of carbonyl (C=O) groups is 1. The summed E-state index contributed by atoms with van der Waals surface area (Å²) in [6.45, 7) is 3.68. The monoisotopic (exact) mass is 295 g/mol. The number of carbonyl (C=O) groups excluding carboxylic acids is 1. The summed E-state index contributed by atoms with van der Waals surface area (Å²) in [7, 11) is 0. The maximum absolute atomic E-state index is 12.0. The molecule has 0 bridgehead atoms. The van der Waals surface area contributed by atoms with Crippen LogP contribution in [0.15, 0.2) is 30.3 Å². The second-order valence-electron chi connectivity index (χ2n) is 4.34. The first-order valence-corrected chi connectivity index (χ1v) is 7.02. The van der Waals surface area contributed by atoms with Crippen LogP contribution in [0.1, 0.15) is 33.8 Å². The number of aromatic hydroxyl groups is 1. The molecule has 1 heterocycles. The van der Waals surface area contributed by atoms with E-state index in [1.165, 1.54) is 17.4 Å². The van der Waals surface area contributed by atoms with Crippen molar-refractivity contribution in [2.24, 2.45) is 0 Å². The Bertz CT molecular complexity index is 609. The van der Waals surface area contributed by atoms with Crippen LogP contribution < -0.4 is 5.32 Å². The third kappa shape index (κ3) is 3.28. The molecule has 2 N–H and O–H groups in total. The van der Waals surface area contributed by atoms with Crippen molar-refractivity contribution in [1.82, 2.24) is 5.32 Å². The van der Waals surface area contributed by atoms with Crippen molar-refractivity contribution < 1.29 is 9.90 Å². The molecule has 2 aromatic rings. The number of amides is 1. The van der Waals surface area contributed by atoms with Crippen LogP contribution in [0.25, 0.3) is 0 Å². The number of rotatable bonds is 3. The van der Waals surface area contributed by atoms with Crippen LogP contribution in [0.3, 0.4) is 0 Å². The Balaban J connectivity index is 2.10. The average Bonchev–Trinajstić information content (AvgIpc) is 2.79. The Kier molecular flexibility index (Phi) is 4.12. The van der Waals surface area contributed by atoms with E-state index in [2.05, 4.69) is 5.32 Å². The summed E-state index contributed by atoms with van der Waals surface area (Å²) in [5.74, 6) is -0.0909. The molecule has 1 atom stereocenters. The van der Waals surface area contributed by atoms with E-state index in [-0.39, 0.29) is 17.7 Å². The SMILES string of the molecule is Cc1ccc(C(=O)NC(C)c2ccc(Cl)s2)cc1O. The molecule has 1 aromatic heterocycles. The van der Waals surface area contributed by atoms with Gasteiger partial charge in [-0.2, -0.15) is 0 Å². The second kappa shape index (κ2) is 5.63. The van der Waals surface area contributed by atoms with Gasteiger partial charge < -0.3 is 10.4 Å². The van der Waals surface area contributed by atoms with Crippen LogP contribution in [0.2, 0.25) is 4.34 Å². The first kappa shape index (κ1) is 13.9. The average molecular weight is 296 g/mol. The Labute approximate surface area is 120 Å². The first-order chi connectivity index (χ1) is 8.97. The van der Waals surface area contributed by atoms with Crippen molar-refractivity contribution in [3.8, 4) is 5.75 Å². The fraction of sp³-hybridized carbons (Fsp3) is 0.214. The predicted octanol–water partition coefficient (Wildman–Crippen LogP) is 3.91. The van der Waals surface area contributed by atoms with Gasteiger partial charge in [0.2, 0.25) is 0 Å². The van der Waals surface area contributed by atoms with E-state index >= 15 is 0 Å². The van der Waals surface area contributed by atoms with E-state index in [1.807, 2.05) is 19.1 Å². The molecular weight excluding hydrogens is 282 g/mol. The number of phenols is 1. The van der Waals surface area contributed by atoms with Gasteiger partial charge in [0.1, 0.15) is 5.75 Å². The van der Waals surface area contributed by atoms with Crippen molar-refractivity contribution in [3.63, 3.8) is 0 Å². The van der Waals surface area contributed by atoms with Gasteiger partial charge in [-0.1, -0.05) is 17.7 Å². The van der Waals surface area contributed by atoms with Gasteiger partial charge in [-0.15, -0.1) is 11.3 Å². The van der Waals surface area contributed by atoms with Crippen molar-refractivity contribution >= 4 is 28.8 Å². The summed E-state index contributed by atoms with van der Waals surface area (Å²) in [6.07, 6.45) is 0. The fourth-order valence-electron chi connectivity index (χ4n) is 1.66. The van der Waals surface area contributed by atoms with Crippen LogP contribution in [0, 0.1) is 6.92 Å². The molecule has 3 nitrogen and oxygen atoms in total. The quantitative estimate of drug-likeness (QED) is 0.902. The molecule has 0 aliphatic rings. The van der Waals surface area contributed by atoms with Crippen molar-refractivity contribution in [1.29, 1.82) is 0 Å². The van der Waals surface area contributed by atoms with Crippen LogP contribution >= 0.6 is 22.9 Å². The molecule has 100 valence electrons. The highest BCUT2D eigenvalue weighted by molar-refractivity contribution is 7.16. The molecule has 0 fully saturated rings. The van der Waals surface area contributed by atoms with E-state index in [1.54, 1.807) is 19.1 Å². The van der Waals surface area contributed by atoms with E-state index < -0.39 is 0 Å². The summed E-state index contributed by atoms with van der Waals surface area (Å²) in [5.41, 5.74) is 1.19. The van der Waals surface area contributed by atoms with Crippen LogP contribution in [-0.4, -0.2) is 11.0 Å². The Morgan fingerprint density at radius 3 is 2.68 bits per heavy atom. The molecule has 0 aliphatic carbocycles.